The largest absolute Gasteiger partial charge is 0.497 e. The molecule has 0 saturated carbocycles. The molecule has 0 radical (unpaired) electrons. The lowest BCUT2D eigenvalue weighted by molar-refractivity contribution is -0.0864. The number of methoxy groups -OCH3 is 1. The molecule has 1 fully saturated rings. The molecular weight excluding hydrogens is 252 g/mol. The Hall–Kier alpha value is -1.42. The lowest BCUT2D eigenvalue weighted by Crippen LogP contribution is -2.43. The first-order valence-electron chi connectivity index (χ1n) is 7.46. The van der Waals surface area contributed by atoms with Crippen molar-refractivity contribution in [3.63, 3.8) is 0 Å². The molecule has 1 saturated heterocycles. The van der Waals surface area contributed by atoms with Gasteiger partial charge in [-0.05, 0) is 37.8 Å². The van der Waals surface area contributed by atoms with Crippen molar-refractivity contribution in [3.8, 4) is 5.75 Å². The van der Waals surface area contributed by atoms with Crippen molar-refractivity contribution in [2.45, 2.75) is 51.2 Å². The van der Waals surface area contributed by atoms with Crippen LogP contribution < -0.4 is 15.8 Å². The number of ether oxygens (including phenoxy) is 2. The normalized spacial score (nSPS) is 21.4. The van der Waals surface area contributed by atoms with E-state index in [2.05, 4.69) is 19.2 Å². The van der Waals surface area contributed by atoms with Crippen LogP contribution >= 0.6 is 0 Å². The average Bonchev–Trinajstić information content (AvgIpc) is 2.49. The van der Waals surface area contributed by atoms with Gasteiger partial charge in [0.25, 0.3) is 0 Å². The summed E-state index contributed by atoms with van der Waals surface area (Å²) >= 11 is 0. The molecule has 1 unspecified atom stereocenters. The molecule has 112 valence electrons. The Bertz CT molecular complexity index is 444. The molecule has 20 heavy (non-hydrogen) atoms. The molecular formula is C16H26N2O2. The van der Waals surface area contributed by atoms with E-state index in [9.17, 15) is 0 Å². The molecule has 0 spiro atoms. The van der Waals surface area contributed by atoms with Gasteiger partial charge in [-0.3, -0.25) is 0 Å². The molecule has 0 aromatic heterocycles. The van der Waals surface area contributed by atoms with Crippen LogP contribution in [0.4, 0.5) is 11.4 Å². The fraction of sp³-hybridized carbons (Fsp3) is 0.625. The quantitative estimate of drug-likeness (QED) is 0.810. The van der Waals surface area contributed by atoms with Gasteiger partial charge in [0.2, 0.25) is 0 Å². The van der Waals surface area contributed by atoms with Crippen LogP contribution in [-0.4, -0.2) is 25.4 Å². The summed E-state index contributed by atoms with van der Waals surface area (Å²) in [6.45, 7) is 5.22. The van der Waals surface area contributed by atoms with Crippen molar-refractivity contribution >= 4 is 11.4 Å². The van der Waals surface area contributed by atoms with E-state index >= 15 is 0 Å². The Kier molecular flexibility index (Phi) is 4.76. The highest BCUT2D eigenvalue weighted by atomic mass is 16.5. The molecule has 4 nitrogen and oxygen atoms in total. The summed E-state index contributed by atoms with van der Waals surface area (Å²) in [6.07, 6.45) is 4.16. The fourth-order valence-corrected chi connectivity index (χ4v) is 2.91. The van der Waals surface area contributed by atoms with Crippen molar-refractivity contribution in [1.82, 2.24) is 0 Å². The molecule has 1 heterocycles. The first-order valence-corrected chi connectivity index (χ1v) is 7.46. The molecule has 1 aromatic rings. The molecule has 3 N–H and O–H groups in total. The second-order valence-corrected chi connectivity index (χ2v) is 5.53. The minimum atomic E-state index is 0.0249. The zero-order valence-electron chi connectivity index (χ0n) is 12.7. The van der Waals surface area contributed by atoms with Crippen LogP contribution in [0, 0.1) is 0 Å². The number of anilines is 2. The molecule has 0 aliphatic carbocycles. The van der Waals surface area contributed by atoms with E-state index in [-0.39, 0.29) is 5.60 Å². The zero-order chi connectivity index (χ0) is 14.6. The van der Waals surface area contributed by atoms with Gasteiger partial charge in [-0.15, -0.1) is 0 Å². The van der Waals surface area contributed by atoms with Gasteiger partial charge in [-0.1, -0.05) is 13.8 Å². The maximum atomic E-state index is 6.07. The number of nitrogens with two attached hydrogens (primary N) is 1. The smallest absolute Gasteiger partial charge is 0.121 e. The van der Waals surface area contributed by atoms with Gasteiger partial charge in [-0.2, -0.15) is 0 Å². The second-order valence-electron chi connectivity index (χ2n) is 5.53. The third-order valence-corrected chi connectivity index (χ3v) is 4.40. The summed E-state index contributed by atoms with van der Waals surface area (Å²) in [5.74, 6) is 0.788. The van der Waals surface area contributed by atoms with E-state index in [0.29, 0.717) is 6.04 Å². The predicted molar refractivity (Wildman–Crippen MR) is 83.3 cm³/mol. The van der Waals surface area contributed by atoms with E-state index < -0.39 is 0 Å². The Balaban J connectivity index is 2.06. The van der Waals surface area contributed by atoms with Crippen molar-refractivity contribution in [3.05, 3.63) is 18.2 Å². The van der Waals surface area contributed by atoms with Crippen LogP contribution in [0.2, 0.25) is 0 Å². The highest BCUT2D eigenvalue weighted by molar-refractivity contribution is 5.68. The number of hydrogen-bond acceptors (Lipinski definition) is 4. The minimum Gasteiger partial charge on any atom is -0.497 e. The van der Waals surface area contributed by atoms with E-state index in [1.807, 2.05) is 18.2 Å². The first kappa shape index (κ1) is 15.0. The van der Waals surface area contributed by atoms with Crippen LogP contribution in [0.25, 0.3) is 0 Å². The summed E-state index contributed by atoms with van der Waals surface area (Å²) in [7, 11) is 1.65. The molecule has 1 aliphatic heterocycles. The standard InChI is InChI=1S/C16H26N2O2/c1-4-16(5-2)11-12(8-9-20-16)18-15-7-6-13(19-3)10-14(15)17/h6-7,10,12,18H,4-5,8-9,11,17H2,1-3H3. The maximum absolute atomic E-state index is 6.07. The van der Waals surface area contributed by atoms with Crippen LogP contribution in [0.15, 0.2) is 18.2 Å². The Morgan fingerprint density at radius 3 is 2.75 bits per heavy atom. The summed E-state index contributed by atoms with van der Waals surface area (Å²) in [5, 5.41) is 3.56. The van der Waals surface area contributed by atoms with Crippen LogP contribution in [-0.2, 0) is 4.74 Å². The van der Waals surface area contributed by atoms with Crippen LogP contribution in [0.5, 0.6) is 5.75 Å². The SMILES string of the molecule is CCC1(CC)CC(Nc2ccc(OC)cc2N)CCO1. The molecule has 4 heteroatoms. The zero-order valence-corrected chi connectivity index (χ0v) is 12.7. The summed E-state index contributed by atoms with van der Waals surface area (Å²) in [6, 6.07) is 6.20. The van der Waals surface area contributed by atoms with E-state index in [0.717, 1.165) is 49.4 Å². The number of hydrogen-bond donors (Lipinski definition) is 2. The summed E-state index contributed by atoms with van der Waals surface area (Å²) < 4.78 is 11.2. The summed E-state index contributed by atoms with van der Waals surface area (Å²) in [5.41, 5.74) is 7.81. The molecule has 1 atom stereocenters. The van der Waals surface area contributed by atoms with Gasteiger partial charge in [0, 0.05) is 18.7 Å². The highest BCUT2D eigenvalue weighted by Gasteiger charge is 2.34. The molecule has 2 rings (SSSR count). The van der Waals surface area contributed by atoms with Crippen LogP contribution in [0.3, 0.4) is 0 Å². The van der Waals surface area contributed by atoms with E-state index in [4.69, 9.17) is 15.2 Å². The minimum absolute atomic E-state index is 0.0249. The van der Waals surface area contributed by atoms with Gasteiger partial charge in [0.1, 0.15) is 5.75 Å². The van der Waals surface area contributed by atoms with Gasteiger partial charge in [0.05, 0.1) is 24.1 Å². The van der Waals surface area contributed by atoms with Crippen molar-refractivity contribution in [1.29, 1.82) is 0 Å². The summed E-state index contributed by atoms with van der Waals surface area (Å²) in [4.78, 5) is 0. The average molecular weight is 278 g/mol. The van der Waals surface area contributed by atoms with Crippen molar-refractivity contribution in [2.75, 3.05) is 24.8 Å². The molecule has 1 aliphatic rings. The monoisotopic (exact) mass is 278 g/mol. The van der Waals surface area contributed by atoms with Gasteiger partial charge in [-0.25, -0.2) is 0 Å². The fourth-order valence-electron chi connectivity index (χ4n) is 2.91. The Morgan fingerprint density at radius 2 is 2.15 bits per heavy atom. The third kappa shape index (κ3) is 3.18. The lowest BCUT2D eigenvalue weighted by atomic mass is 9.86. The van der Waals surface area contributed by atoms with E-state index in [1.165, 1.54) is 0 Å². The number of benzene rings is 1. The highest BCUT2D eigenvalue weighted by Crippen LogP contribution is 2.34. The lowest BCUT2D eigenvalue weighted by Gasteiger charge is -2.40. The first-order chi connectivity index (χ1) is 9.62. The Labute approximate surface area is 121 Å². The van der Waals surface area contributed by atoms with Crippen molar-refractivity contribution in [2.24, 2.45) is 0 Å². The Morgan fingerprint density at radius 1 is 1.40 bits per heavy atom. The number of nitrogens with one attached hydrogen (secondary N) is 1. The third-order valence-electron chi connectivity index (χ3n) is 4.40. The van der Waals surface area contributed by atoms with Gasteiger partial charge < -0.3 is 20.5 Å². The molecule has 0 amide bonds. The number of rotatable bonds is 5. The molecule has 1 aromatic carbocycles. The predicted octanol–water partition coefficient (Wildman–Crippen LogP) is 3.43. The topological polar surface area (TPSA) is 56.5 Å². The second kappa shape index (κ2) is 6.35. The van der Waals surface area contributed by atoms with Crippen molar-refractivity contribution < 1.29 is 9.47 Å². The molecule has 0 bridgehead atoms. The van der Waals surface area contributed by atoms with Gasteiger partial charge in [0.15, 0.2) is 0 Å². The number of nitrogen functional groups attached to an aromatic ring is 1. The maximum Gasteiger partial charge on any atom is 0.121 e. The van der Waals surface area contributed by atoms with E-state index in [1.54, 1.807) is 7.11 Å². The van der Waals surface area contributed by atoms with Crippen LogP contribution in [0.1, 0.15) is 39.5 Å². The van der Waals surface area contributed by atoms with Gasteiger partial charge >= 0.3 is 0 Å².